The first-order valence-electron chi connectivity index (χ1n) is 11.1. The summed E-state index contributed by atoms with van der Waals surface area (Å²) < 4.78 is 5.97. The number of pyridine rings is 1. The number of benzene rings is 1. The molecule has 1 fully saturated rings. The summed E-state index contributed by atoms with van der Waals surface area (Å²) in [5.41, 5.74) is 2.01. The average molecular weight is 481 g/mol. The zero-order valence-electron chi connectivity index (χ0n) is 19.0. The van der Waals surface area contributed by atoms with Gasteiger partial charge in [0.05, 0.1) is 28.5 Å². The number of fused-ring (bicyclic) bond motifs is 2. The molecular formula is C23H25ClN8O2. The number of halogens is 1. The van der Waals surface area contributed by atoms with E-state index in [4.69, 9.17) is 21.3 Å². The van der Waals surface area contributed by atoms with Gasteiger partial charge in [0.2, 0.25) is 5.88 Å². The molecule has 4 aromatic rings. The Morgan fingerprint density at radius 3 is 2.88 bits per heavy atom. The van der Waals surface area contributed by atoms with Crippen LogP contribution < -0.4 is 10.1 Å². The summed E-state index contributed by atoms with van der Waals surface area (Å²) in [6.07, 6.45) is 3.05. The number of aromatic amines is 1. The number of carbonyl (C=O) groups excluding carboxylic acids is 1. The fourth-order valence-corrected chi connectivity index (χ4v) is 4.27. The fourth-order valence-electron chi connectivity index (χ4n) is 4.00. The van der Waals surface area contributed by atoms with Crippen LogP contribution in [-0.2, 0) is 4.79 Å². The summed E-state index contributed by atoms with van der Waals surface area (Å²) in [6.45, 7) is 4.96. The summed E-state index contributed by atoms with van der Waals surface area (Å²) in [5.74, 6) is 0.870. The van der Waals surface area contributed by atoms with Crippen molar-refractivity contribution in [1.82, 2.24) is 34.7 Å². The Hall–Kier alpha value is -3.50. The maximum Gasteiger partial charge on any atom is 0.260 e. The number of nitrogens with zero attached hydrogens (tertiary/aromatic N) is 6. The van der Waals surface area contributed by atoms with Crippen molar-refractivity contribution in [3.63, 3.8) is 0 Å². The lowest BCUT2D eigenvalue weighted by Gasteiger charge is -2.32. The van der Waals surface area contributed by atoms with E-state index in [2.05, 4.69) is 37.2 Å². The number of ether oxygens (including phenoxy) is 1. The Labute approximate surface area is 201 Å². The normalized spacial score (nSPS) is 15.6. The summed E-state index contributed by atoms with van der Waals surface area (Å²) in [4.78, 5) is 37.3. The van der Waals surface area contributed by atoms with Gasteiger partial charge >= 0.3 is 0 Å². The number of likely N-dealkylation sites (N-methyl/N-ethyl adjacent to an activating group) is 1. The van der Waals surface area contributed by atoms with Gasteiger partial charge in [0.1, 0.15) is 11.8 Å². The standard InChI is InChI=1S/C23H25ClN8O2/c1-14(29-22-20-21(26-12-25-20)27-13-28-22)17-10-15-4-3-5-16(24)19(15)23(30-17)34-11-18(33)32-8-6-31(2)7-9-32/h3-5,10,12-14H,6-9,11H2,1-2H3,(H2,25,26,27,28,29)/t14-/m0/s1. The molecule has 0 bridgehead atoms. The monoisotopic (exact) mass is 480 g/mol. The summed E-state index contributed by atoms with van der Waals surface area (Å²) in [6, 6.07) is 7.34. The van der Waals surface area contributed by atoms with Crippen molar-refractivity contribution in [2.45, 2.75) is 13.0 Å². The van der Waals surface area contributed by atoms with E-state index >= 15 is 0 Å². The van der Waals surface area contributed by atoms with E-state index < -0.39 is 0 Å². The van der Waals surface area contributed by atoms with Gasteiger partial charge in [-0.15, -0.1) is 0 Å². The molecule has 0 aliphatic carbocycles. The summed E-state index contributed by atoms with van der Waals surface area (Å²) in [5, 5.41) is 5.43. The Morgan fingerprint density at radius 2 is 2.06 bits per heavy atom. The zero-order chi connectivity index (χ0) is 23.7. The number of aromatic nitrogens is 5. The SMILES string of the molecule is C[C@H](Nc1ncnc2[nH]cnc12)c1cc2cccc(Cl)c2c(OCC(=O)N2CCN(C)CC2)n1. The Morgan fingerprint density at radius 1 is 1.24 bits per heavy atom. The van der Waals surface area contributed by atoms with Crippen LogP contribution in [0.5, 0.6) is 5.88 Å². The minimum absolute atomic E-state index is 0.0615. The van der Waals surface area contributed by atoms with Crippen molar-refractivity contribution in [2.75, 3.05) is 45.2 Å². The first kappa shape index (κ1) is 22.3. The van der Waals surface area contributed by atoms with Crippen molar-refractivity contribution in [2.24, 2.45) is 0 Å². The van der Waals surface area contributed by atoms with Crippen LogP contribution in [-0.4, -0.2) is 80.5 Å². The molecule has 1 saturated heterocycles. The van der Waals surface area contributed by atoms with Crippen molar-refractivity contribution >= 4 is 45.3 Å². The van der Waals surface area contributed by atoms with Crippen LogP contribution in [0.2, 0.25) is 5.02 Å². The highest BCUT2D eigenvalue weighted by molar-refractivity contribution is 6.36. The van der Waals surface area contributed by atoms with E-state index in [9.17, 15) is 4.79 Å². The Kier molecular flexibility index (Phi) is 6.16. The Bertz CT molecular complexity index is 1340. The summed E-state index contributed by atoms with van der Waals surface area (Å²) in [7, 11) is 2.05. The molecule has 3 aromatic heterocycles. The number of amides is 1. The first-order chi connectivity index (χ1) is 16.5. The molecule has 0 unspecified atom stereocenters. The van der Waals surface area contributed by atoms with Crippen molar-refractivity contribution in [1.29, 1.82) is 0 Å². The second kappa shape index (κ2) is 9.40. The number of piperazine rings is 1. The fraction of sp³-hybridized carbons (Fsp3) is 0.348. The number of imidazole rings is 1. The molecule has 0 saturated carbocycles. The maximum atomic E-state index is 12.7. The number of hydrogen-bond donors (Lipinski definition) is 2. The second-order valence-electron chi connectivity index (χ2n) is 8.35. The molecule has 1 atom stereocenters. The van der Waals surface area contributed by atoms with Crippen LogP contribution in [0.15, 0.2) is 36.9 Å². The van der Waals surface area contributed by atoms with Gasteiger partial charge in [-0.05, 0) is 31.5 Å². The largest absolute Gasteiger partial charge is 0.467 e. The third-order valence-electron chi connectivity index (χ3n) is 6.00. The predicted molar refractivity (Wildman–Crippen MR) is 130 cm³/mol. The van der Waals surface area contributed by atoms with Crippen molar-refractivity contribution < 1.29 is 9.53 Å². The minimum Gasteiger partial charge on any atom is -0.467 e. The minimum atomic E-state index is -0.228. The molecular weight excluding hydrogens is 456 g/mol. The topological polar surface area (TPSA) is 112 Å². The van der Waals surface area contributed by atoms with Crippen LogP contribution in [0.3, 0.4) is 0 Å². The van der Waals surface area contributed by atoms with Gasteiger partial charge in [0, 0.05) is 26.2 Å². The van der Waals surface area contributed by atoms with Crippen LogP contribution in [0.1, 0.15) is 18.7 Å². The van der Waals surface area contributed by atoms with Crippen LogP contribution in [0.4, 0.5) is 5.82 Å². The number of carbonyl (C=O) groups is 1. The Balaban J connectivity index is 1.41. The van der Waals surface area contributed by atoms with Gasteiger partial charge in [-0.25, -0.2) is 19.9 Å². The van der Waals surface area contributed by atoms with E-state index in [0.717, 1.165) is 24.2 Å². The van der Waals surface area contributed by atoms with Crippen LogP contribution in [0.25, 0.3) is 21.9 Å². The van der Waals surface area contributed by atoms with Gasteiger partial charge in [0.15, 0.2) is 18.1 Å². The molecule has 1 aliphatic rings. The number of anilines is 1. The average Bonchev–Trinajstić information content (AvgIpc) is 3.33. The number of hydrogen-bond acceptors (Lipinski definition) is 8. The smallest absolute Gasteiger partial charge is 0.260 e. The highest BCUT2D eigenvalue weighted by Crippen LogP contribution is 2.33. The molecule has 1 aliphatic heterocycles. The number of rotatable bonds is 6. The number of nitrogens with one attached hydrogen (secondary N) is 2. The van der Waals surface area contributed by atoms with E-state index in [1.807, 2.05) is 30.0 Å². The first-order valence-corrected chi connectivity index (χ1v) is 11.5. The lowest BCUT2D eigenvalue weighted by molar-refractivity contribution is -0.134. The molecule has 0 radical (unpaired) electrons. The highest BCUT2D eigenvalue weighted by atomic mass is 35.5. The van der Waals surface area contributed by atoms with Gasteiger partial charge in [-0.1, -0.05) is 23.7 Å². The molecule has 34 heavy (non-hydrogen) atoms. The highest BCUT2D eigenvalue weighted by Gasteiger charge is 2.21. The van der Waals surface area contributed by atoms with Crippen molar-refractivity contribution in [3.8, 4) is 5.88 Å². The summed E-state index contributed by atoms with van der Waals surface area (Å²) >= 11 is 6.49. The van der Waals surface area contributed by atoms with Gasteiger partial charge in [0.25, 0.3) is 5.91 Å². The lowest BCUT2D eigenvalue weighted by atomic mass is 10.1. The predicted octanol–water partition coefficient (Wildman–Crippen LogP) is 2.88. The third kappa shape index (κ3) is 4.46. The third-order valence-corrected chi connectivity index (χ3v) is 6.31. The van der Waals surface area contributed by atoms with Crippen molar-refractivity contribution in [3.05, 3.63) is 47.6 Å². The number of H-pyrrole nitrogens is 1. The van der Waals surface area contributed by atoms with E-state index in [-0.39, 0.29) is 18.6 Å². The molecule has 176 valence electrons. The molecule has 4 heterocycles. The lowest BCUT2D eigenvalue weighted by Crippen LogP contribution is -2.48. The second-order valence-corrected chi connectivity index (χ2v) is 8.76. The quantitative estimate of drug-likeness (QED) is 0.433. The molecule has 1 aromatic carbocycles. The van der Waals surface area contributed by atoms with Gasteiger partial charge in [-0.2, -0.15) is 0 Å². The van der Waals surface area contributed by atoms with Gasteiger partial charge < -0.3 is 24.8 Å². The van der Waals surface area contributed by atoms with Crippen LogP contribution in [0, 0.1) is 0 Å². The van der Waals surface area contributed by atoms with E-state index in [1.165, 1.54) is 6.33 Å². The van der Waals surface area contributed by atoms with E-state index in [1.54, 1.807) is 12.4 Å². The van der Waals surface area contributed by atoms with E-state index in [0.29, 0.717) is 46.4 Å². The van der Waals surface area contributed by atoms with Crippen LogP contribution >= 0.6 is 11.6 Å². The molecule has 10 nitrogen and oxygen atoms in total. The molecule has 0 spiro atoms. The van der Waals surface area contributed by atoms with Gasteiger partial charge in [-0.3, -0.25) is 4.79 Å². The maximum absolute atomic E-state index is 12.7. The molecule has 2 N–H and O–H groups in total. The molecule has 1 amide bonds. The molecule has 11 heteroatoms. The zero-order valence-corrected chi connectivity index (χ0v) is 19.7. The molecule has 5 rings (SSSR count).